The quantitative estimate of drug-likeness (QED) is 0.772. The third-order valence-corrected chi connectivity index (χ3v) is 4.40. The van der Waals surface area contributed by atoms with Gasteiger partial charge in [0.25, 0.3) is 0 Å². The van der Waals surface area contributed by atoms with Crippen molar-refractivity contribution in [3.8, 4) is 0 Å². The minimum atomic E-state index is 0.733. The van der Waals surface area contributed by atoms with Crippen molar-refractivity contribution in [2.45, 2.75) is 70.5 Å². The lowest BCUT2D eigenvalue weighted by molar-refractivity contribution is 0.107. The highest BCUT2D eigenvalue weighted by Crippen LogP contribution is 2.33. The van der Waals surface area contributed by atoms with E-state index >= 15 is 0 Å². The fourth-order valence-corrected chi connectivity index (χ4v) is 3.08. The molecule has 0 amide bonds. The highest BCUT2D eigenvalue weighted by molar-refractivity contribution is 4.87. The topological polar surface area (TPSA) is 15.3 Å². The number of nitrogens with one attached hydrogen (secondary N) is 1. The molecular formula is C14H28N2. The molecule has 1 N–H and O–H groups in total. The Morgan fingerprint density at radius 3 is 2.12 bits per heavy atom. The Morgan fingerprint density at radius 2 is 1.69 bits per heavy atom. The summed E-state index contributed by atoms with van der Waals surface area (Å²) in [4.78, 5) is 2.78. The van der Waals surface area contributed by atoms with Crippen molar-refractivity contribution >= 4 is 0 Å². The van der Waals surface area contributed by atoms with E-state index in [4.69, 9.17) is 0 Å². The first-order valence-corrected chi connectivity index (χ1v) is 7.13. The predicted molar refractivity (Wildman–Crippen MR) is 69.7 cm³/mol. The van der Waals surface area contributed by atoms with E-state index in [1.54, 1.807) is 0 Å². The van der Waals surface area contributed by atoms with Crippen LogP contribution in [0, 0.1) is 5.92 Å². The molecule has 2 aliphatic carbocycles. The van der Waals surface area contributed by atoms with Gasteiger partial charge in [0, 0.05) is 24.7 Å². The summed E-state index contributed by atoms with van der Waals surface area (Å²) in [5.74, 6) is 1.03. The van der Waals surface area contributed by atoms with E-state index < -0.39 is 0 Å². The first-order chi connectivity index (χ1) is 7.70. The molecule has 2 fully saturated rings. The molecule has 0 aliphatic heterocycles. The van der Waals surface area contributed by atoms with Crippen molar-refractivity contribution in [2.24, 2.45) is 5.92 Å². The maximum atomic E-state index is 3.43. The molecule has 0 heterocycles. The summed E-state index contributed by atoms with van der Waals surface area (Å²) in [6, 6.07) is 2.38. The molecule has 2 heteroatoms. The average Bonchev–Trinajstić information content (AvgIpc) is 3.09. The second-order valence-corrected chi connectivity index (χ2v) is 6.03. The summed E-state index contributed by atoms with van der Waals surface area (Å²) in [6.07, 6.45) is 8.50. The molecule has 16 heavy (non-hydrogen) atoms. The van der Waals surface area contributed by atoms with Gasteiger partial charge in [-0.2, -0.15) is 0 Å². The van der Waals surface area contributed by atoms with Gasteiger partial charge in [-0.25, -0.2) is 0 Å². The lowest BCUT2D eigenvalue weighted by atomic mass is 9.89. The van der Waals surface area contributed by atoms with Crippen molar-refractivity contribution in [3.05, 3.63) is 0 Å². The monoisotopic (exact) mass is 224 g/mol. The number of hydrogen-bond acceptors (Lipinski definition) is 2. The second-order valence-electron chi connectivity index (χ2n) is 6.03. The first kappa shape index (κ1) is 12.4. The lowest BCUT2D eigenvalue weighted by Gasteiger charge is -2.39. The Morgan fingerprint density at radius 1 is 1.06 bits per heavy atom. The van der Waals surface area contributed by atoms with Crippen LogP contribution in [0.2, 0.25) is 0 Å². The average molecular weight is 224 g/mol. The van der Waals surface area contributed by atoms with Crippen molar-refractivity contribution in [1.29, 1.82) is 0 Å². The van der Waals surface area contributed by atoms with Crippen molar-refractivity contribution in [2.75, 3.05) is 13.6 Å². The van der Waals surface area contributed by atoms with Crippen LogP contribution in [0.15, 0.2) is 0 Å². The van der Waals surface area contributed by atoms with E-state index in [9.17, 15) is 0 Å². The van der Waals surface area contributed by atoms with Gasteiger partial charge >= 0.3 is 0 Å². The third-order valence-electron chi connectivity index (χ3n) is 4.40. The van der Waals surface area contributed by atoms with Crippen LogP contribution in [0.25, 0.3) is 0 Å². The molecule has 0 radical (unpaired) electrons. The fraction of sp³-hybridized carbons (Fsp3) is 1.00. The minimum absolute atomic E-state index is 0.733. The Hall–Kier alpha value is -0.0800. The van der Waals surface area contributed by atoms with E-state index in [0.29, 0.717) is 0 Å². The van der Waals surface area contributed by atoms with Gasteiger partial charge < -0.3 is 5.32 Å². The fourth-order valence-electron chi connectivity index (χ4n) is 3.08. The molecule has 0 aromatic carbocycles. The van der Waals surface area contributed by atoms with Gasteiger partial charge in [0.1, 0.15) is 0 Å². The summed E-state index contributed by atoms with van der Waals surface area (Å²) >= 11 is 0. The van der Waals surface area contributed by atoms with Crippen LogP contribution < -0.4 is 5.32 Å². The van der Waals surface area contributed by atoms with Crippen LogP contribution >= 0.6 is 0 Å². The van der Waals surface area contributed by atoms with Gasteiger partial charge in [-0.3, -0.25) is 4.90 Å². The third kappa shape index (κ3) is 3.21. The Labute approximate surface area is 101 Å². The maximum Gasteiger partial charge on any atom is 0.00992 e. The molecule has 0 saturated heterocycles. The van der Waals surface area contributed by atoms with Crippen LogP contribution in [-0.2, 0) is 0 Å². The van der Waals surface area contributed by atoms with E-state index in [0.717, 1.165) is 24.0 Å². The number of rotatable bonds is 5. The summed E-state index contributed by atoms with van der Waals surface area (Å²) in [5, 5.41) is 3.43. The van der Waals surface area contributed by atoms with Crippen LogP contribution in [0.3, 0.4) is 0 Å². The smallest absolute Gasteiger partial charge is 0.00992 e. The highest BCUT2D eigenvalue weighted by Gasteiger charge is 2.31. The number of hydrogen-bond donors (Lipinski definition) is 1. The lowest BCUT2D eigenvalue weighted by Crippen LogP contribution is -2.45. The Bertz CT molecular complexity index is 203. The van der Waals surface area contributed by atoms with Gasteiger partial charge in [-0.05, 0) is 65.3 Å². The molecule has 2 nitrogen and oxygen atoms in total. The molecule has 0 aromatic heterocycles. The largest absolute Gasteiger partial charge is 0.317 e. The standard InChI is InChI=1S/C14H28N2/c1-11(2)16(10-12-4-5-12)14-8-6-13(15-3)7-9-14/h11-15H,4-10H2,1-3H3. The van der Waals surface area contributed by atoms with Gasteiger partial charge in [0.15, 0.2) is 0 Å². The summed E-state index contributed by atoms with van der Waals surface area (Å²) in [6.45, 7) is 6.10. The normalized spacial score (nSPS) is 31.3. The zero-order chi connectivity index (χ0) is 11.5. The molecule has 0 atom stereocenters. The zero-order valence-electron chi connectivity index (χ0n) is 11.2. The van der Waals surface area contributed by atoms with Crippen LogP contribution in [0.1, 0.15) is 52.4 Å². The van der Waals surface area contributed by atoms with E-state index in [2.05, 4.69) is 31.1 Å². The molecule has 2 saturated carbocycles. The van der Waals surface area contributed by atoms with E-state index in [-0.39, 0.29) is 0 Å². The van der Waals surface area contributed by atoms with E-state index in [1.165, 1.54) is 45.1 Å². The zero-order valence-corrected chi connectivity index (χ0v) is 11.2. The molecular weight excluding hydrogens is 196 g/mol. The summed E-state index contributed by atoms with van der Waals surface area (Å²) < 4.78 is 0. The maximum absolute atomic E-state index is 3.43. The second kappa shape index (κ2) is 5.50. The van der Waals surface area contributed by atoms with Gasteiger partial charge in [0.05, 0.1) is 0 Å². The molecule has 0 unspecified atom stereocenters. The molecule has 94 valence electrons. The highest BCUT2D eigenvalue weighted by atomic mass is 15.2. The SMILES string of the molecule is CNC1CCC(N(CC2CC2)C(C)C)CC1. The van der Waals surface area contributed by atoms with Crippen LogP contribution in [0.4, 0.5) is 0 Å². The van der Waals surface area contributed by atoms with Gasteiger partial charge in [-0.1, -0.05) is 0 Å². The molecule has 0 bridgehead atoms. The van der Waals surface area contributed by atoms with Gasteiger partial charge in [0.2, 0.25) is 0 Å². The van der Waals surface area contributed by atoms with Crippen LogP contribution in [-0.4, -0.2) is 36.6 Å². The Balaban J connectivity index is 1.83. The van der Waals surface area contributed by atoms with Crippen molar-refractivity contribution < 1.29 is 0 Å². The molecule has 0 spiro atoms. The molecule has 0 aromatic rings. The predicted octanol–water partition coefficient (Wildman–Crippen LogP) is 2.64. The Kier molecular flexibility index (Phi) is 4.26. The van der Waals surface area contributed by atoms with Gasteiger partial charge in [-0.15, -0.1) is 0 Å². The summed E-state index contributed by atoms with van der Waals surface area (Å²) in [5.41, 5.74) is 0. The first-order valence-electron chi connectivity index (χ1n) is 7.13. The number of nitrogens with zero attached hydrogens (tertiary/aromatic N) is 1. The van der Waals surface area contributed by atoms with Crippen LogP contribution in [0.5, 0.6) is 0 Å². The van der Waals surface area contributed by atoms with E-state index in [1.807, 2.05) is 0 Å². The molecule has 2 aliphatic rings. The minimum Gasteiger partial charge on any atom is -0.317 e. The molecule has 2 rings (SSSR count). The van der Waals surface area contributed by atoms with Crippen molar-refractivity contribution in [1.82, 2.24) is 10.2 Å². The van der Waals surface area contributed by atoms with Crippen molar-refractivity contribution in [3.63, 3.8) is 0 Å². The summed E-state index contributed by atoms with van der Waals surface area (Å²) in [7, 11) is 2.11.